The average Bonchev–Trinajstić information content (AvgIpc) is 2.67. The van der Waals surface area contributed by atoms with Gasteiger partial charge in [0.2, 0.25) is 0 Å². The van der Waals surface area contributed by atoms with Crippen molar-refractivity contribution in [3.63, 3.8) is 0 Å². The van der Waals surface area contributed by atoms with E-state index in [-0.39, 0.29) is 23.3 Å². The Labute approximate surface area is 107 Å². The number of allylic oxidation sites excluding steroid dienone is 3. The maximum absolute atomic E-state index is 11.8. The SMILES string of the molecule is C/C1=C\CCC2=C[C@@H](OC2=O)C(C)(C)/C=C/C1=O. The van der Waals surface area contributed by atoms with Crippen molar-refractivity contribution in [2.45, 2.75) is 39.7 Å². The lowest BCUT2D eigenvalue weighted by molar-refractivity contribution is -0.142. The maximum Gasteiger partial charge on any atom is 0.334 e. The van der Waals surface area contributed by atoms with Crippen LogP contribution in [0, 0.1) is 5.41 Å². The number of carbonyl (C=O) groups is 2. The van der Waals surface area contributed by atoms with E-state index in [1.807, 2.05) is 39.0 Å². The lowest BCUT2D eigenvalue weighted by atomic mass is 9.85. The van der Waals surface area contributed by atoms with Crippen LogP contribution in [-0.4, -0.2) is 17.9 Å². The minimum atomic E-state index is -0.363. The Morgan fingerprint density at radius 3 is 2.78 bits per heavy atom. The third-order valence-corrected chi connectivity index (χ3v) is 3.50. The molecule has 96 valence electrons. The molecule has 0 aromatic carbocycles. The lowest BCUT2D eigenvalue weighted by Crippen LogP contribution is -2.27. The molecule has 2 bridgehead atoms. The van der Waals surface area contributed by atoms with Gasteiger partial charge in [-0.25, -0.2) is 4.79 Å². The molecular formula is C15H18O3. The molecule has 1 aliphatic carbocycles. The van der Waals surface area contributed by atoms with Gasteiger partial charge in [-0.1, -0.05) is 26.0 Å². The maximum atomic E-state index is 11.8. The van der Waals surface area contributed by atoms with Crippen molar-refractivity contribution in [2.75, 3.05) is 0 Å². The third-order valence-electron chi connectivity index (χ3n) is 3.50. The lowest BCUT2D eigenvalue weighted by Gasteiger charge is -2.25. The van der Waals surface area contributed by atoms with Gasteiger partial charge in [0.25, 0.3) is 0 Å². The van der Waals surface area contributed by atoms with Crippen molar-refractivity contribution in [3.05, 3.63) is 35.5 Å². The van der Waals surface area contributed by atoms with Crippen LogP contribution in [0.4, 0.5) is 0 Å². The van der Waals surface area contributed by atoms with Gasteiger partial charge in [-0.05, 0) is 37.5 Å². The van der Waals surface area contributed by atoms with Crippen LogP contribution in [0.25, 0.3) is 0 Å². The van der Waals surface area contributed by atoms with Crippen molar-refractivity contribution >= 4 is 11.8 Å². The molecule has 18 heavy (non-hydrogen) atoms. The van der Waals surface area contributed by atoms with Gasteiger partial charge in [-0.15, -0.1) is 0 Å². The van der Waals surface area contributed by atoms with E-state index in [1.165, 1.54) is 0 Å². The van der Waals surface area contributed by atoms with Crippen molar-refractivity contribution in [3.8, 4) is 0 Å². The summed E-state index contributed by atoms with van der Waals surface area (Å²) in [4.78, 5) is 23.5. The summed E-state index contributed by atoms with van der Waals surface area (Å²) in [7, 11) is 0. The predicted molar refractivity (Wildman–Crippen MR) is 68.9 cm³/mol. The number of ether oxygens (including phenoxy) is 1. The first-order valence-corrected chi connectivity index (χ1v) is 6.22. The van der Waals surface area contributed by atoms with Crippen LogP contribution in [0.3, 0.4) is 0 Å². The molecule has 1 atom stereocenters. The fourth-order valence-electron chi connectivity index (χ4n) is 2.09. The summed E-state index contributed by atoms with van der Waals surface area (Å²) in [6.07, 6.45) is 8.24. The van der Waals surface area contributed by atoms with Gasteiger partial charge in [-0.3, -0.25) is 4.79 Å². The summed E-state index contributed by atoms with van der Waals surface area (Å²) in [5, 5.41) is 0. The number of hydrogen-bond donors (Lipinski definition) is 0. The molecule has 0 unspecified atom stereocenters. The Bertz CT molecular complexity index is 478. The van der Waals surface area contributed by atoms with Gasteiger partial charge in [0.05, 0.1) is 0 Å². The molecule has 3 nitrogen and oxygen atoms in total. The molecule has 1 heterocycles. The van der Waals surface area contributed by atoms with Crippen LogP contribution in [0.1, 0.15) is 33.6 Å². The van der Waals surface area contributed by atoms with Gasteiger partial charge in [0.1, 0.15) is 6.10 Å². The van der Waals surface area contributed by atoms with E-state index in [4.69, 9.17) is 4.74 Å². The molecule has 0 amide bonds. The van der Waals surface area contributed by atoms with E-state index in [9.17, 15) is 9.59 Å². The summed E-state index contributed by atoms with van der Waals surface area (Å²) >= 11 is 0. The molecular weight excluding hydrogens is 228 g/mol. The number of ketones is 1. The second-order valence-electron chi connectivity index (χ2n) is 5.46. The summed E-state index contributed by atoms with van der Waals surface area (Å²) in [5.74, 6) is -0.198. The minimum Gasteiger partial charge on any atom is -0.454 e. The van der Waals surface area contributed by atoms with Crippen LogP contribution in [0.15, 0.2) is 35.5 Å². The molecule has 0 aromatic heterocycles. The molecule has 0 fully saturated rings. The van der Waals surface area contributed by atoms with E-state index in [1.54, 1.807) is 6.08 Å². The fraction of sp³-hybridized carbons (Fsp3) is 0.467. The monoisotopic (exact) mass is 246 g/mol. The van der Waals surface area contributed by atoms with E-state index in [0.29, 0.717) is 12.8 Å². The molecule has 0 saturated heterocycles. The predicted octanol–water partition coefficient (Wildman–Crippen LogP) is 2.73. The van der Waals surface area contributed by atoms with E-state index in [0.717, 1.165) is 11.1 Å². The normalized spacial score (nSPS) is 31.8. The summed E-state index contributed by atoms with van der Waals surface area (Å²) in [6.45, 7) is 5.73. The zero-order chi connectivity index (χ0) is 13.3. The first-order valence-electron chi connectivity index (χ1n) is 6.22. The number of hydrogen-bond acceptors (Lipinski definition) is 3. The van der Waals surface area contributed by atoms with Gasteiger partial charge in [-0.2, -0.15) is 0 Å². The Balaban J connectivity index is 2.37. The number of rotatable bonds is 0. The fourth-order valence-corrected chi connectivity index (χ4v) is 2.09. The van der Waals surface area contributed by atoms with Gasteiger partial charge in [0.15, 0.2) is 5.78 Å². The molecule has 2 aliphatic rings. The number of fused-ring (bicyclic) bond motifs is 1. The van der Waals surface area contributed by atoms with Crippen LogP contribution in [0.2, 0.25) is 0 Å². The van der Waals surface area contributed by atoms with E-state index >= 15 is 0 Å². The van der Waals surface area contributed by atoms with Gasteiger partial charge < -0.3 is 4.74 Å². The van der Waals surface area contributed by atoms with Crippen molar-refractivity contribution < 1.29 is 14.3 Å². The summed E-state index contributed by atoms with van der Waals surface area (Å²) < 4.78 is 5.36. The van der Waals surface area contributed by atoms with E-state index < -0.39 is 0 Å². The molecule has 0 N–H and O–H groups in total. The molecule has 3 heteroatoms. The Kier molecular flexibility index (Phi) is 3.24. The zero-order valence-electron chi connectivity index (χ0n) is 11.0. The third kappa shape index (κ3) is 2.45. The van der Waals surface area contributed by atoms with Crippen molar-refractivity contribution in [2.24, 2.45) is 5.41 Å². The second-order valence-corrected chi connectivity index (χ2v) is 5.46. The van der Waals surface area contributed by atoms with Crippen LogP contribution >= 0.6 is 0 Å². The van der Waals surface area contributed by atoms with Crippen molar-refractivity contribution in [1.82, 2.24) is 0 Å². The highest BCUT2D eigenvalue weighted by molar-refractivity contribution is 6.03. The van der Waals surface area contributed by atoms with Crippen LogP contribution in [-0.2, 0) is 14.3 Å². The Morgan fingerprint density at radius 1 is 1.33 bits per heavy atom. The molecule has 2 rings (SSSR count). The highest BCUT2D eigenvalue weighted by Crippen LogP contribution is 2.33. The second kappa shape index (κ2) is 4.56. The van der Waals surface area contributed by atoms with Gasteiger partial charge >= 0.3 is 5.97 Å². The minimum absolute atomic E-state index is 0.0252. The molecule has 0 radical (unpaired) electrons. The zero-order valence-corrected chi connectivity index (χ0v) is 11.0. The average molecular weight is 246 g/mol. The Hall–Kier alpha value is -1.64. The molecule has 0 spiro atoms. The van der Waals surface area contributed by atoms with Crippen LogP contribution in [0.5, 0.6) is 0 Å². The first kappa shape index (κ1) is 12.8. The standard InChI is InChI=1S/C15H18O3/c1-10-5-4-6-11-9-13(18-14(11)17)15(2,3)8-7-12(10)16/h5,7-9,13H,4,6H2,1-3H3/b8-7+,10-5+/t13-/m1/s1. The van der Waals surface area contributed by atoms with Crippen molar-refractivity contribution in [1.29, 1.82) is 0 Å². The van der Waals surface area contributed by atoms with E-state index in [2.05, 4.69) is 0 Å². The topological polar surface area (TPSA) is 43.4 Å². The molecule has 1 aliphatic heterocycles. The highest BCUT2D eigenvalue weighted by Gasteiger charge is 2.35. The smallest absolute Gasteiger partial charge is 0.334 e. The van der Waals surface area contributed by atoms with Gasteiger partial charge in [0, 0.05) is 11.0 Å². The van der Waals surface area contributed by atoms with Crippen LogP contribution < -0.4 is 0 Å². The Morgan fingerprint density at radius 2 is 2.06 bits per heavy atom. The quantitative estimate of drug-likeness (QED) is 0.617. The highest BCUT2D eigenvalue weighted by atomic mass is 16.5. The number of carbonyl (C=O) groups excluding carboxylic acids is 2. The summed E-state index contributed by atoms with van der Waals surface area (Å²) in [6, 6.07) is 0. The molecule has 0 saturated carbocycles. The number of esters is 1. The molecule has 0 aromatic rings. The largest absolute Gasteiger partial charge is 0.454 e. The first-order chi connectivity index (χ1) is 8.40. The summed E-state index contributed by atoms with van der Waals surface area (Å²) in [5.41, 5.74) is 1.09.